The minimum absolute atomic E-state index is 0.0399. The lowest BCUT2D eigenvalue weighted by atomic mass is 10.0. The van der Waals surface area contributed by atoms with Crippen LogP contribution in [0.4, 0.5) is 11.4 Å². The maximum atomic E-state index is 12.9. The average Bonchev–Trinajstić information content (AvgIpc) is 2.62. The summed E-state index contributed by atoms with van der Waals surface area (Å²) in [7, 11) is 0. The van der Waals surface area contributed by atoms with Gasteiger partial charge in [0.25, 0.3) is 11.6 Å². The zero-order valence-corrected chi connectivity index (χ0v) is 12.9. The fourth-order valence-electron chi connectivity index (χ4n) is 2.80. The predicted molar refractivity (Wildman–Crippen MR) is 88.5 cm³/mol. The number of morpholine rings is 1. The number of amides is 1. The summed E-state index contributed by atoms with van der Waals surface area (Å²) in [6.07, 6.45) is 0. The standard InChI is InChI=1S/C17H17N3O4/c18-14-7-6-13(10-15(14)20(22)23)17(21)19-8-9-24-11-16(19)12-4-2-1-3-5-12/h1-7,10,16H,8-9,11,18H2/t16-/m0/s1. The van der Waals surface area contributed by atoms with Crippen LogP contribution in [0.3, 0.4) is 0 Å². The molecule has 124 valence electrons. The van der Waals surface area contributed by atoms with Gasteiger partial charge in [-0.05, 0) is 17.7 Å². The molecule has 0 bridgehead atoms. The Bertz CT molecular complexity index is 764. The van der Waals surface area contributed by atoms with Gasteiger partial charge in [-0.3, -0.25) is 14.9 Å². The SMILES string of the molecule is Nc1ccc(C(=O)N2CCOC[C@H]2c2ccccc2)cc1[N+](=O)[O-]. The summed E-state index contributed by atoms with van der Waals surface area (Å²) in [5.74, 6) is -0.268. The largest absolute Gasteiger partial charge is 0.393 e. The molecule has 0 spiro atoms. The summed E-state index contributed by atoms with van der Waals surface area (Å²) in [4.78, 5) is 25.0. The topological polar surface area (TPSA) is 98.7 Å². The number of carbonyl (C=O) groups is 1. The van der Waals surface area contributed by atoms with Crippen LogP contribution < -0.4 is 5.73 Å². The number of nitrogen functional groups attached to an aromatic ring is 1. The smallest absolute Gasteiger partial charge is 0.292 e. The molecule has 24 heavy (non-hydrogen) atoms. The molecule has 1 aliphatic rings. The van der Waals surface area contributed by atoms with Crippen molar-refractivity contribution in [2.45, 2.75) is 6.04 Å². The number of ether oxygens (including phenoxy) is 1. The Morgan fingerprint density at radius 2 is 2.00 bits per heavy atom. The van der Waals surface area contributed by atoms with Gasteiger partial charge in [0.2, 0.25) is 0 Å². The third kappa shape index (κ3) is 3.07. The Balaban J connectivity index is 1.92. The lowest BCUT2D eigenvalue weighted by Crippen LogP contribution is -2.43. The van der Waals surface area contributed by atoms with E-state index in [0.29, 0.717) is 19.8 Å². The van der Waals surface area contributed by atoms with Crippen molar-refractivity contribution in [3.8, 4) is 0 Å². The van der Waals surface area contributed by atoms with Crippen LogP contribution in [0.5, 0.6) is 0 Å². The molecular weight excluding hydrogens is 310 g/mol. The van der Waals surface area contributed by atoms with Crippen LogP contribution in [0, 0.1) is 10.1 Å². The molecule has 2 N–H and O–H groups in total. The van der Waals surface area contributed by atoms with Crippen LogP contribution in [-0.4, -0.2) is 35.5 Å². The van der Waals surface area contributed by atoms with E-state index in [1.54, 1.807) is 4.90 Å². The summed E-state index contributed by atoms with van der Waals surface area (Å²) < 4.78 is 5.51. The molecule has 3 rings (SSSR count). The molecule has 2 aromatic carbocycles. The molecule has 0 radical (unpaired) electrons. The van der Waals surface area contributed by atoms with Crippen molar-refractivity contribution in [3.05, 3.63) is 69.8 Å². The molecular formula is C17H17N3O4. The molecule has 2 aromatic rings. The summed E-state index contributed by atoms with van der Waals surface area (Å²) >= 11 is 0. The van der Waals surface area contributed by atoms with E-state index in [9.17, 15) is 14.9 Å². The Kier molecular flexibility index (Phi) is 4.43. The van der Waals surface area contributed by atoms with E-state index in [1.165, 1.54) is 18.2 Å². The molecule has 1 heterocycles. The van der Waals surface area contributed by atoms with E-state index < -0.39 is 4.92 Å². The van der Waals surface area contributed by atoms with Crippen molar-refractivity contribution in [2.75, 3.05) is 25.5 Å². The molecule has 7 nitrogen and oxygen atoms in total. The summed E-state index contributed by atoms with van der Waals surface area (Å²) in [6, 6.07) is 13.5. The van der Waals surface area contributed by atoms with Crippen LogP contribution in [0.2, 0.25) is 0 Å². The number of anilines is 1. The number of nitro benzene ring substituents is 1. The second-order valence-electron chi connectivity index (χ2n) is 5.53. The van der Waals surface area contributed by atoms with Gasteiger partial charge in [-0.15, -0.1) is 0 Å². The van der Waals surface area contributed by atoms with Gasteiger partial charge < -0.3 is 15.4 Å². The molecule has 0 aliphatic carbocycles. The minimum atomic E-state index is -0.583. The van der Waals surface area contributed by atoms with E-state index in [1.807, 2.05) is 30.3 Å². The zero-order chi connectivity index (χ0) is 17.1. The molecule has 7 heteroatoms. The van der Waals surface area contributed by atoms with Gasteiger partial charge in [-0.1, -0.05) is 30.3 Å². The first kappa shape index (κ1) is 15.9. The van der Waals surface area contributed by atoms with Crippen molar-refractivity contribution < 1.29 is 14.5 Å². The number of hydrogen-bond acceptors (Lipinski definition) is 5. The van der Waals surface area contributed by atoms with Crippen molar-refractivity contribution in [1.29, 1.82) is 0 Å². The number of nitro groups is 1. The summed E-state index contributed by atoms with van der Waals surface area (Å²) in [6.45, 7) is 1.26. The van der Waals surface area contributed by atoms with Crippen LogP contribution in [0.15, 0.2) is 48.5 Å². The van der Waals surface area contributed by atoms with Gasteiger partial charge >= 0.3 is 0 Å². The molecule has 0 aromatic heterocycles. The van der Waals surface area contributed by atoms with Gasteiger partial charge in [0.05, 0.1) is 24.2 Å². The van der Waals surface area contributed by atoms with Gasteiger partial charge in [0, 0.05) is 18.2 Å². The van der Waals surface area contributed by atoms with Crippen LogP contribution in [-0.2, 0) is 4.74 Å². The molecule has 1 fully saturated rings. The van der Waals surface area contributed by atoms with Crippen LogP contribution >= 0.6 is 0 Å². The Hall–Kier alpha value is -2.93. The summed E-state index contributed by atoms with van der Waals surface area (Å²) in [5.41, 5.74) is 6.60. The highest BCUT2D eigenvalue weighted by molar-refractivity contribution is 5.96. The highest BCUT2D eigenvalue weighted by Crippen LogP contribution is 2.28. The quantitative estimate of drug-likeness (QED) is 0.530. The average molecular weight is 327 g/mol. The maximum Gasteiger partial charge on any atom is 0.292 e. The number of rotatable bonds is 3. The number of nitrogens with two attached hydrogens (primary N) is 1. The van der Waals surface area contributed by atoms with Crippen molar-refractivity contribution >= 4 is 17.3 Å². The second kappa shape index (κ2) is 6.67. The third-order valence-electron chi connectivity index (χ3n) is 4.05. The van der Waals surface area contributed by atoms with Gasteiger partial charge in [-0.2, -0.15) is 0 Å². The molecule has 1 amide bonds. The van der Waals surface area contributed by atoms with Gasteiger partial charge in [0.1, 0.15) is 5.69 Å². The van der Waals surface area contributed by atoms with Crippen molar-refractivity contribution in [1.82, 2.24) is 4.90 Å². The minimum Gasteiger partial charge on any atom is -0.393 e. The molecule has 0 saturated carbocycles. The number of nitrogens with zero attached hydrogens (tertiary/aromatic N) is 2. The van der Waals surface area contributed by atoms with Gasteiger partial charge in [-0.25, -0.2) is 0 Å². The number of benzene rings is 2. The fraction of sp³-hybridized carbons (Fsp3) is 0.235. The zero-order valence-electron chi connectivity index (χ0n) is 12.9. The highest BCUT2D eigenvalue weighted by atomic mass is 16.6. The lowest BCUT2D eigenvalue weighted by Gasteiger charge is -2.36. The predicted octanol–water partition coefficient (Wildman–Crippen LogP) is 2.39. The van der Waals surface area contributed by atoms with E-state index in [-0.39, 0.29) is 28.9 Å². The lowest BCUT2D eigenvalue weighted by molar-refractivity contribution is -0.383. The monoisotopic (exact) mass is 327 g/mol. The van der Waals surface area contributed by atoms with E-state index >= 15 is 0 Å². The number of carbonyl (C=O) groups excluding carboxylic acids is 1. The molecule has 1 saturated heterocycles. The van der Waals surface area contributed by atoms with E-state index in [4.69, 9.17) is 10.5 Å². The first-order valence-electron chi connectivity index (χ1n) is 7.55. The first-order chi connectivity index (χ1) is 11.6. The Labute approximate surface area is 138 Å². The fourth-order valence-corrected chi connectivity index (χ4v) is 2.80. The Morgan fingerprint density at radius 3 is 2.71 bits per heavy atom. The highest BCUT2D eigenvalue weighted by Gasteiger charge is 2.30. The Morgan fingerprint density at radius 1 is 1.25 bits per heavy atom. The molecule has 1 aliphatic heterocycles. The normalized spacial score (nSPS) is 17.5. The maximum absolute atomic E-state index is 12.9. The van der Waals surface area contributed by atoms with Crippen molar-refractivity contribution in [3.63, 3.8) is 0 Å². The summed E-state index contributed by atoms with van der Waals surface area (Å²) in [5, 5.41) is 11.0. The third-order valence-corrected chi connectivity index (χ3v) is 4.05. The van der Waals surface area contributed by atoms with Crippen LogP contribution in [0.25, 0.3) is 0 Å². The second-order valence-corrected chi connectivity index (χ2v) is 5.53. The van der Waals surface area contributed by atoms with E-state index in [0.717, 1.165) is 5.56 Å². The first-order valence-corrected chi connectivity index (χ1v) is 7.55. The molecule has 1 atom stereocenters. The number of hydrogen-bond donors (Lipinski definition) is 1. The van der Waals surface area contributed by atoms with E-state index in [2.05, 4.69) is 0 Å². The van der Waals surface area contributed by atoms with Crippen LogP contribution in [0.1, 0.15) is 22.0 Å². The van der Waals surface area contributed by atoms with Gasteiger partial charge in [0.15, 0.2) is 0 Å². The molecule has 0 unspecified atom stereocenters. The van der Waals surface area contributed by atoms with Crippen molar-refractivity contribution in [2.24, 2.45) is 0 Å².